The first-order chi connectivity index (χ1) is 11.2. The molecule has 1 fully saturated rings. The maximum Gasteiger partial charge on any atom is 0.223 e. The first kappa shape index (κ1) is 16.1. The summed E-state index contributed by atoms with van der Waals surface area (Å²) in [6.45, 7) is 0. The fraction of sp³-hybridized carbons (Fsp3) is 0.444. The quantitative estimate of drug-likeness (QED) is 0.817. The van der Waals surface area contributed by atoms with E-state index in [1.54, 1.807) is 19.5 Å². The Morgan fingerprint density at radius 1 is 1.09 bits per heavy atom. The molecule has 0 atom stereocenters. The van der Waals surface area contributed by atoms with Crippen LogP contribution in [0.15, 0.2) is 36.7 Å². The average molecular weight is 332 g/mol. The van der Waals surface area contributed by atoms with Crippen molar-refractivity contribution < 1.29 is 4.74 Å². The molecule has 0 saturated heterocycles. The van der Waals surface area contributed by atoms with Crippen LogP contribution in [0.4, 0.5) is 5.95 Å². The molecule has 1 N–H and O–H groups in total. The van der Waals surface area contributed by atoms with Gasteiger partial charge in [0.05, 0.1) is 12.6 Å². The molecule has 1 heterocycles. The van der Waals surface area contributed by atoms with Gasteiger partial charge in [0.15, 0.2) is 0 Å². The molecule has 4 nitrogen and oxygen atoms in total. The zero-order valence-corrected chi connectivity index (χ0v) is 14.1. The van der Waals surface area contributed by atoms with Gasteiger partial charge in [-0.05, 0) is 37.1 Å². The van der Waals surface area contributed by atoms with E-state index in [-0.39, 0.29) is 5.54 Å². The van der Waals surface area contributed by atoms with Crippen LogP contribution in [0.25, 0.3) is 0 Å². The van der Waals surface area contributed by atoms with Gasteiger partial charge in [-0.1, -0.05) is 37.3 Å². The van der Waals surface area contributed by atoms with Crippen molar-refractivity contribution in [1.82, 2.24) is 9.97 Å². The summed E-state index contributed by atoms with van der Waals surface area (Å²) in [5.74, 6) is 1.51. The number of hydrogen-bond acceptors (Lipinski definition) is 4. The predicted molar refractivity (Wildman–Crippen MR) is 93.0 cm³/mol. The van der Waals surface area contributed by atoms with Crippen LogP contribution < -0.4 is 10.1 Å². The molecule has 0 aliphatic heterocycles. The summed E-state index contributed by atoms with van der Waals surface area (Å²) >= 11 is 6.28. The zero-order chi connectivity index (χ0) is 16.1. The lowest BCUT2D eigenvalue weighted by Gasteiger charge is -2.35. The fourth-order valence-corrected chi connectivity index (χ4v) is 3.60. The average Bonchev–Trinajstić information content (AvgIpc) is 2.82. The van der Waals surface area contributed by atoms with Crippen LogP contribution in [-0.2, 0) is 5.54 Å². The van der Waals surface area contributed by atoms with Gasteiger partial charge in [-0.15, -0.1) is 0 Å². The van der Waals surface area contributed by atoms with Crippen molar-refractivity contribution >= 4 is 17.5 Å². The Balaban J connectivity index is 2.06. The van der Waals surface area contributed by atoms with Gasteiger partial charge >= 0.3 is 0 Å². The van der Waals surface area contributed by atoms with E-state index in [2.05, 4.69) is 15.3 Å². The highest BCUT2D eigenvalue weighted by atomic mass is 35.5. The molecule has 23 heavy (non-hydrogen) atoms. The van der Waals surface area contributed by atoms with Crippen molar-refractivity contribution in [1.29, 1.82) is 0 Å². The summed E-state index contributed by atoms with van der Waals surface area (Å²) in [4.78, 5) is 8.71. The minimum Gasteiger partial charge on any atom is -0.496 e. The van der Waals surface area contributed by atoms with Crippen molar-refractivity contribution in [2.75, 3.05) is 12.4 Å². The number of rotatable bonds is 4. The van der Waals surface area contributed by atoms with Crippen LogP contribution in [0.1, 0.15) is 44.1 Å². The number of hydrogen-bond donors (Lipinski definition) is 1. The second kappa shape index (κ2) is 7.18. The van der Waals surface area contributed by atoms with Crippen molar-refractivity contribution in [2.45, 2.75) is 44.1 Å². The molecule has 1 saturated carbocycles. The Hall–Kier alpha value is -1.81. The molecule has 1 aliphatic rings. The largest absolute Gasteiger partial charge is 0.496 e. The summed E-state index contributed by atoms with van der Waals surface area (Å²) in [6.07, 6.45) is 10.4. The first-order valence-corrected chi connectivity index (χ1v) is 8.50. The standard InChI is InChI=1S/C18H22ClN3O/c1-23-16-8-7-14(19)13-15(16)18(9-4-2-3-5-10-18)22-17-20-11-6-12-21-17/h6-8,11-13H,2-5,9-10H2,1H3,(H,20,21,22). The Bertz CT molecular complexity index is 640. The van der Waals surface area contributed by atoms with Crippen LogP contribution in [0, 0.1) is 0 Å². The zero-order valence-electron chi connectivity index (χ0n) is 13.4. The molecular formula is C18H22ClN3O. The topological polar surface area (TPSA) is 47.0 Å². The first-order valence-electron chi connectivity index (χ1n) is 8.13. The van der Waals surface area contributed by atoms with Crippen molar-refractivity contribution in [3.63, 3.8) is 0 Å². The second-order valence-corrected chi connectivity index (χ2v) is 6.47. The number of anilines is 1. The Kier molecular flexibility index (Phi) is 5.01. The molecule has 122 valence electrons. The summed E-state index contributed by atoms with van der Waals surface area (Å²) in [7, 11) is 1.70. The Morgan fingerprint density at radius 2 is 1.78 bits per heavy atom. The molecule has 1 aromatic heterocycles. The van der Waals surface area contributed by atoms with Crippen LogP contribution in [0.5, 0.6) is 5.75 Å². The molecule has 3 rings (SSSR count). The van der Waals surface area contributed by atoms with E-state index >= 15 is 0 Å². The highest BCUT2D eigenvalue weighted by Gasteiger charge is 2.36. The predicted octanol–water partition coefficient (Wildman–Crippen LogP) is 4.80. The third kappa shape index (κ3) is 3.58. The second-order valence-electron chi connectivity index (χ2n) is 6.04. The fourth-order valence-electron chi connectivity index (χ4n) is 3.43. The number of ether oxygens (including phenoxy) is 1. The highest BCUT2D eigenvalue weighted by Crippen LogP contribution is 2.43. The Labute approximate surface area is 142 Å². The smallest absolute Gasteiger partial charge is 0.223 e. The van der Waals surface area contributed by atoms with Gasteiger partial charge in [0.2, 0.25) is 5.95 Å². The van der Waals surface area contributed by atoms with E-state index in [1.165, 1.54) is 12.8 Å². The van der Waals surface area contributed by atoms with E-state index in [9.17, 15) is 0 Å². The van der Waals surface area contributed by atoms with Gasteiger partial charge in [-0.25, -0.2) is 9.97 Å². The summed E-state index contributed by atoms with van der Waals surface area (Å²) in [5.41, 5.74) is 0.857. The highest BCUT2D eigenvalue weighted by molar-refractivity contribution is 6.30. The molecule has 2 aromatic rings. The lowest BCUT2D eigenvalue weighted by atomic mass is 9.82. The molecule has 1 aromatic carbocycles. The van der Waals surface area contributed by atoms with Crippen molar-refractivity contribution in [3.8, 4) is 5.75 Å². The van der Waals surface area contributed by atoms with Crippen LogP contribution in [0.2, 0.25) is 5.02 Å². The van der Waals surface area contributed by atoms with Gasteiger partial charge in [0.1, 0.15) is 5.75 Å². The maximum absolute atomic E-state index is 6.28. The molecule has 0 amide bonds. The Morgan fingerprint density at radius 3 is 2.43 bits per heavy atom. The number of nitrogens with zero attached hydrogens (tertiary/aromatic N) is 2. The maximum atomic E-state index is 6.28. The van der Waals surface area contributed by atoms with Gasteiger partial charge in [-0.3, -0.25) is 0 Å². The minimum absolute atomic E-state index is 0.242. The van der Waals surface area contributed by atoms with Gasteiger partial charge in [0, 0.05) is 23.0 Å². The molecule has 0 bridgehead atoms. The third-order valence-corrected chi connectivity index (χ3v) is 4.79. The van der Waals surface area contributed by atoms with E-state index in [4.69, 9.17) is 16.3 Å². The van der Waals surface area contributed by atoms with Gasteiger partial charge in [-0.2, -0.15) is 0 Å². The van der Waals surface area contributed by atoms with E-state index in [0.717, 1.165) is 42.0 Å². The third-order valence-electron chi connectivity index (χ3n) is 4.55. The van der Waals surface area contributed by atoms with Crippen LogP contribution >= 0.6 is 11.6 Å². The number of aromatic nitrogens is 2. The van der Waals surface area contributed by atoms with Gasteiger partial charge in [0.25, 0.3) is 0 Å². The number of halogens is 1. The normalized spacial score (nSPS) is 17.3. The van der Waals surface area contributed by atoms with E-state index in [0.29, 0.717) is 5.95 Å². The van der Waals surface area contributed by atoms with Crippen LogP contribution in [0.3, 0.4) is 0 Å². The van der Waals surface area contributed by atoms with Crippen molar-refractivity contribution in [2.24, 2.45) is 0 Å². The SMILES string of the molecule is COc1ccc(Cl)cc1C1(Nc2ncccn2)CCCCCC1. The number of benzene rings is 1. The van der Waals surface area contributed by atoms with E-state index < -0.39 is 0 Å². The molecule has 0 unspecified atom stereocenters. The van der Waals surface area contributed by atoms with Crippen LogP contribution in [-0.4, -0.2) is 17.1 Å². The summed E-state index contributed by atoms with van der Waals surface area (Å²) < 4.78 is 5.62. The molecule has 5 heteroatoms. The number of methoxy groups -OCH3 is 1. The lowest BCUT2D eigenvalue weighted by molar-refractivity contribution is 0.368. The van der Waals surface area contributed by atoms with E-state index in [1.807, 2.05) is 24.3 Å². The minimum atomic E-state index is -0.242. The van der Waals surface area contributed by atoms with Crippen molar-refractivity contribution in [3.05, 3.63) is 47.2 Å². The summed E-state index contributed by atoms with van der Waals surface area (Å²) in [5, 5.41) is 4.31. The molecule has 1 aliphatic carbocycles. The van der Waals surface area contributed by atoms with Gasteiger partial charge < -0.3 is 10.1 Å². The monoisotopic (exact) mass is 331 g/mol. The summed E-state index contributed by atoms with van der Waals surface area (Å²) in [6, 6.07) is 7.65. The molecule has 0 radical (unpaired) electrons. The lowest BCUT2D eigenvalue weighted by Crippen LogP contribution is -2.36. The molecule has 0 spiro atoms. The molecular weight excluding hydrogens is 310 g/mol. The number of nitrogens with one attached hydrogen (secondary N) is 1.